The number of anilines is 4. The molecule has 1 heterocycles. The van der Waals surface area contributed by atoms with E-state index >= 15 is 0 Å². The largest absolute Gasteiger partial charge is 0.384 e. The molecule has 10 heteroatoms. The minimum Gasteiger partial charge on any atom is -0.384 e. The number of amides is 4. The lowest BCUT2D eigenvalue weighted by molar-refractivity contribution is 0.249. The third kappa shape index (κ3) is 6.57. The highest BCUT2D eigenvalue weighted by atomic mass is 19.1. The van der Waals surface area contributed by atoms with Gasteiger partial charge in [-0.05, 0) is 36.5 Å². The third-order valence-electron chi connectivity index (χ3n) is 4.29. The Balaban J connectivity index is 2.08. The molecule has 0 saturated heterocycles. The molecule has 2 rings (SSSR count). The van der Waals surface area contributed by atoms with Crippen LogP contribution in [0.2, 0.25) is 0 Å². The number of halogens is 1. The van der Waals surface area contributed by atoms with E-state index in [2.05, 4.69) is 46.7 Å². The number of urea groups is 2. The average molecular weight is 417 g/mol. The van der Waals surface area contributed by atoms with E-state index in [0.29, 0.717) is 23.6 Å². The van der Waals surface area contributed by atoms with Crippen molar-refractivity contribution in [1.82, 2.24) is 15.3 Å². The molecule has 1 aromatic carbocycles. The number of aromatic nitrogens is 2. The number of carbonyl (C=O) groups excluding carboxylic acids is 2. The third-order valence-corrected chi connectivity index (χ3v) is 4.29. The summed E-state index contributed by atoms with van der Waals surface area (Å²) in [6.45, 7) is 8.30. The Morgan fingerprint density at radius 3 is 2.47 bits per heavy atom. The zero-order valence-electron chi connectivity index (χ0n) is 17.8. The van der Waals surface area contributed by atoms with Crippen molar-refractivity contribution >= 4 is 35.1 Å². The maximum Gasteiger partial charge on any atom is 0.327 e. The van der Waals surface area contributed by atoms with E-state index in [1.165, 1.54) is 36.5 Å². The summed E-state index contributed by atoms with van der Waals surface area (Å²) in [6.07, 6.45) is 2.02. The van der Waals surface area contributed by atoms with Crippen molar-refractivity contribution in [3.63, 3.8) is 0 Å². The molecule has 0 aliphatic rings. The number of nitrogens with one attached hydrogen (secondary N) is 3. The Hall–Kier alpha value is -3.43. The molecule has 30 heavy (non-hydrogen) atoms. The summed E-state index contributed by atoms with van der Waals surface area (Å²) < 4.78 is 14.3. The van der Waals surface area contributed by atoms with E-state index in [4.69, 9.17) is 5.73 Å². The van der Waals surface area contributed by atoms with Gasteiger partial charge in [0.05, 0.1) is 5.69 Å². The number of benzene rings is 1. The first-order valence-electron chi connectivity index (χ1n) is 9.43. The molecule has 0 fully saturated rings. The van der Waals surface area contributed by atoms with E-state index < -0.39 is 17.9 Å². The predicted molar refractivity (Wildman–Crippen MR) is 116 cm³/mol. The second-order valence-electron chi connectivity index (χ2n) is 8.13. The van der Waals surface area contributed by atoms with Gasteiger partial charge in [-0.15, -0.1) is 0 Å². The first-order chi connectivity index (χ1) is 14.0. The Bertz CT molecular complexity index is 928. The molecular weight excluding hydrogens is 389 g/mol. The molecule has 0 spiro atoms. The molecule has 5 N–H and O–H groups in total. The lowest BCUT2D eigenvalue weighted by atomic mass is 9.92. The van der Waals surface area contributed by atoms with Crippen LogP contribution in [-0.4, -0.2) is 35.6 Å². The van der Waals surface area contributed by atoms with E-state index in [9.17, 15) is 14.0 Å². The van der Waals surface area contributed by atoms with Crippen LogP contribution in [0.1, 0.15) is 32.8 Å². The Kier molecular flexibility index (Phi) is 7.14. The number of nitrogen functional groups attached to an aromatic ring is 1. The van der Waals surface area contributed by atoms with Gasteiger partial charge in [-0.1, -0.05) is 20.8 Å². The Morgan fingerprint density at radius 2 is 1.83 bits per heavy atom. The fraction of sp³-hybridized carbons (Fsp3) is 0.400. The molecule has 4 amide bonds. The van der Waals surface area contributed by atoms with E-state index in [-0.39, 0.29) is 16.9 Å². The van der Waals surface area contributed by atoms with Crippen LogP contribution in [0.5, 0.6) is 0 Å². The normalized spacial score (nSPS) is 11.0. The smallest absolute Gasteiger partial charge is 0.327 e. The molecule has 2 aromatic rings. The summed E-state index contributed by atoms with van der Waals surface area (Å²) in [5, 5.41) is 7.85. The van der Waals surface area contributed by atoms with Crippen LogP contribution >= 0.6 is 0 Å². The van der Waals surface area contributed by atoms with Crippen molar-refractivity contribution < 1.29 is 14.0 Å². The SMILES string of the molecule is Cc1cc(F)c(NC(=O)NCCC(C)(C)C)cc1NC(=O)N(C)c1cc(N)ncn1. The predicted octanol–water partition coefficient (Wildman–Crippen LogP) is 3.73. The molecular formula is C20H28FN7O2. The first-order valence-corrected chi connectivity index (χ1v) is 9.43. The van der Waals surface area contributed by atoms with Gasteiger partial charge in [0.25, 0.3) is 0 Å². The molecule has 0 aliphatic heterocycles. The van der Waals surface area contributed by atoms with Gasteiger partial charge in [-0.2, -0.15) is 0 Å². The van der Waals surface area contributed by atoms with Gasteiger partial charge in [0, 0.05) is 25.3 Å². The summed E-state index contributed by atoms with van der Waals surface area (Å²) in [6, 6.07) is 3.03. The molecule has 0 saturated carbocycles. The van der Waals surface area contributed by atoms with Crippen molar-refractivity contribution in [2.75, 3.05) is 34.9 Å². The summed E-state index contributed by atoms with van der Waals surface area (Å²) in [4.78, 5) is 33.7. The van der Waals surface area contributed by atoms with Crippen LogP contribution in [0.15, 0.2) is 24.5 Å². The van der Waals surface area contributed by atoms with Crippen molar-refractivity contribution in [1.29, 1.82) is 0 Å². The number of carbonyl (C=O) groups is 2. The molecule has 0 radical (unpaired) electrons. The summed E-state index contributed by atoms with van der Waals surface area (Å²) >= 11 is 0. The Morgan fingerprint density at radius 1 is 1.13 bits per heavy atom. The molecule has 9 nitrogen and oxygen atoms in total. The van der Waals surface area contributed by atoms with Crippen LogP contribution in [0.25, 0.3) is 0 Å². The van der Waals surface area contributed by atoms with Crippen molar-refractivity contribution in [3.8, 4) is 0 Å². The summed E-state index contributed by atoms with van der Waals surface area (Å²) in [5.74, 6) is -0.0775. The highest BCUT2D eigenvalue weighted by molar-refractivity contribution is 6.02. The van der Waals surface area contributed by atoms with Crippen LogP contribution in [-0.2, 0) is 0 Å². The maximum absolute atomic E-state index is 14.3. The highest BCUT2D eigenvalue weighted by Crippen LogP contribution is 2.25. The van der Waals surface area contributed by atoms with Crippen molar-refractivity contribution in [2.45, 2.75) is 34.1 Å². The van der Waals surface area contributed by atoms with Gasteiger partial charge in [-0.25, -0.2) is 23.9 Å². The van der Waals surface area contributed by atoms with Crippen LogP contribution in [0.4, 0.5) is 37.0 Å². The number of nitrogens with zero attached hydrogens (tertiary/aromatic N) is 3. The molecule has 1 aromatic heterocycles. The maximum atomic E-state index is 14.3. The van der Waals surface area contributed by atoms with Gasteiger partial charge in [0.15, 0.2) is 0 Å². The highest BCUT2D eigenvalue weighted by Gasteiger charge is 2.17. The topological polar surface area (TPSA) is 125 Å². The average Bonchev–Trinajstić information content (AvgIpc) is 2.63. The van der Waals surface area contributed by atoms with E-state index in [0.717, 1.165) is 6.42 Å². The molecule has 0 bridgehead atoms. The number of hydrogen-bond donors (Lipinski definition) is 4. The monoisotopic (exact) mass is 417 g/mol. The minimum absolute atomic E-state index is 0.0434. The fourth-order valence-electron chi connectivity index (χ4n) is 2.47. The van der Waals surface area contributed by atoms with Gasteiger partial charge < -0.3 is 21.7 Å². The van der Waals surface area contributed by atoms with Crippen LogP contribution in [0, 0.1) is 18.2 Å². The zero-order valence-corrected chi connectivity index (χ0v) is 17.8. The van der Waals surface area contributed by atoms with Gasteiger partial charge in [0.2, 0.25) is 0 Å². The molecule has 0 unspecified atom stereocenters. The lowest BCUT2D eigenvalue weighted by Crippen LogP contribution is -2.33. The van der Waals surface area contributed by atoms with Crippen molar-refractivity contribution in [3.05, 3.63) is 35.9 Å². The first kappa shape index (κ1) is 22.9. The van der Waals surface area contributed by atoms with Crippen molar-refractivity contribution in [2.24, 2.45) is 5.41 Å². The van der Waals surface area contributed by atoms with Gasteiger partial charge in [0.1, 0.15) is 23.8 Å². The van der Waals surface area contributed by atoms with Crippen LogP contribution in [0.3, 0.4) is 0 Å². The van der Waals surface area contributed by atoms with E-state index in [1.807, 2.05) is 0 Å². The fourth-order valence-corrected chi connectivity index (χ4v) is 2.47. The lowest BCUT2D eigenvalue weighted by Gasteiger charge is -2.19. The summed E-state index contributed by atoms with van der Waals surface area (Å²) in [7, 11) is 1.51. The molecule has 162 valence electrons. The Labute approximate surface area is 175 Å². The summed E-state index contributed by atoms with van der Waals surface area (Å²) in [5.41, 5.74) is 6.49. The number of aryl methyl sites for hydroxylation is 1. The van der Waals surface area contributed by atoms with Gasteiger partial charge in [-0.3, -0.25) is 4.90 Å². The number of rotatable bonds is 5. The standard InChI is InChI=1S/C20H28FN7O2/c1-12-8-13(21)15(26-18(29)23-7-6-20(2,3)4)9-14(12)27-19(30)28(5)17-10-16(22)24-11-25-17/h8-11H,6-7H2,1-5H3,(H,27,30)(H2,22,24,25)(H2,23,26,29). The number of nitrogens with two attached hydrogens (primary N) is 1. The van der Waals surface area contributed by atoms with Gasteiger partial charge >= 0.3 is 12.1 Å². The molecule has 0 aliphatic carbocycles. The quantitative estimate of drug-likeness (QED) is 0.590. The second-order valence-corrected chi connectivity index (χ2v) is 8.13. The second kappa shape index (κ2) is 9.38. The van der Waals surface area contributed by atoms with E-state index in [1.54, 1.807) is 6.92 Å². The number of hydrogen-bond acceptors (Lipinski definition) is 5. The molecule has 0 atom stereocenters. The zero-order chi connectivity index (χ0) is 22.5. The minimum atomic E-state index is -0.603. The van der Waals surface area contributed by atoms with Crippen LogP contribution < -0.4 is 26.6 Å².